The van der Waals surface area contributed by atoms with E-state index in [0.29, 0.717) is 26.2 Å². The minimum atomic E-state index is -4.05. The Kier molecular flexibility index (Phi) is 6.79. The summed E-state index contributed by atoms with van der Waals surface area (Å²) in [5.74, 6) is -1.41. The van der Waals surface area contributed by atoms with Gasteiger partial charge in [-0.05, 0) is 56.4 Å². The Bertz CT molecular complexity index is 1160. The van der Waals surface area contributed by atoms with E-state index < -0.39 is 36.8 Å². The smallest absolute Gasteiger partial charge is 0.243 e. The molecular weight excluding hydrogens is 445 g/mol. The molecule has 0 bridgehead atoms. The minimum Gasteiger partial charge on any atom is -0.325 e. The lowest BCUT2D eigenvalue weighted by Crippen LogP contribution is -2.47. The first-order valence-corrected chi connectivity index (χ1v) is 12.6. The number of amides is 1. The van der Waals surface area contributed by atoms with E-state index in [1.807, 2.05) is 11.9 Å². The molecule has 8 nitrogen and oxygen atoms in total. The summed E-state index contributed by atoms with van der Waals surface area (Å²) in [6, 6.07) is 9.91. The Morgan fingerprint density at radius 3 is 2.19 bits per heavy atom. The van der Waals surface area contributed by atoms with Crippen molar-refractivity contribution < 1.29 is 26.0 Å². The highest BCUT2D eigenvalue weighted by Gasteiger charge is 2.31. The van der Waals surface area contributed by atoms with E-state index in [-0.39, 0.29) is 15.5 Å². The molecule has 168 valence electrons. The van der Waals surface area contributed by atoms with Crippen LogP contribution in [0, 0.1) is 5.82 Å². The zero-order valence-electron chi connectivity index (χ0n) is 17.2. The van der Waals surface area contributed by atoms with E-state index in [0.717, 1.165) is 24.3 Å². The maximum Gasteiger partial charge on any atom is 0.243 e. The summed E-state index contributed by atoms with van der Waals surface area (Å²) in [5.41, 5.74) is 0.168. The van der Waals surface area contributed by atoms with Crippen molar-refractivity contribution in [3.05, 3.63) is 54.3 Å². The van der Waals surface area contributed by atoms with Crippen molar-refractivity contribution in [3.63, 3.8) is 0 Å². The SMILES string of the molecule is CC(C(=O)Nc1cccc(S(=O)(=O)N2CCN(C)CC2)c1)S(=O)(=O)c1ccc(F)cc1. The van der Waals surface area contributed by atoms with Crippen LogP contribution in [0.15, 0.2) is 58.3 Å². The number of carbonyl (C=O) groups is 1. The highest BCUT2D eigenvalue weighted by molar-refractivity contribution is 7.92. The lowest BCUT2D eigenvalue weighted by atomic mass is 10.3. The predicted octanol–water partition coefficient (Wildman–Crippen LogP) is 1.56. The first-order valence-electron chi connectivity index (χ1n) is 9.61. The van der Waals surface area contributed by atoms with E-state index in [1.54, 1.807) is 0 Å². The molecule has 2 aromatic carbocycles. The van der Waals surface area contributed by atoms with E-state index in [9.17, 15) is 26.0 Å². The fraction of sp³-hybridized carbons (Fsp3) is 0.350. The number of sulfonamides is 1. The van der Waals surface area contributed by atoms with Crippen molar-refractivity contribution in [2.24, 2.45) is 0 Å². The minimum absolute atomic E-state index is 0.0175. The third kappa shape index (κ3) is 5.12. The topological polar surface area (TPSA) is 104 Å². The van der Waals surface area contributed by atoms with Crippen molar-refractivity contribution in [2.45, 2.75) is 22.0 Å². The van der Waals surface area contributed by atoms with Crippen LogP contribution >= 0.6 is 0 Å². The third-order valence-corrected chi connectivity index (χ3v) is 9.15. The maximum absolute atomic E-state index is 13.1. The van der Waals surface area contributed by atoms with Gasteiger partial charge in [0, 0.05) is 31.9 Å². The fourth-order valence-corrected chi connectivity index (χ4v) is 5.86. The molecule has 0 radical (unpaired) electrons. The van der Waals surface area contributed by atoms with Gasteiger partial charge in [0.2, 0.25) is 15.9 Å². The third-order valence-electron chi connectivity index (χ3n) is 5.18. The zero-order chi connectivity index (χ0) is 22.8. The van der Waals surface area contributed by atoms with Crippen LogP contribution in [0.1, 0.15) is 6.92 Å². The van der Waals surface area contributed by atoms with Gasteiger partial charge in [-0.1, -0.05) is 6.07 Å². The zero-order valence-corrected chi connectivity index (χ0v) is 18.8. The van der Waals surface area contributed by atoms with E-state index in [1.165, 1.54) is 35.5 Å². The van der Waals surface area contributed by atoms with Crippen LogP contribution in [0.25, 0.3) is 0 Å². The van der Waals surface area contributed by atoms with Gasteiger partial charge in [-0.15, -0.1) is 0 Å². The second-order valence-electron chi connectivity index (χ2n) is 7.37. The fourth-order valence-electron chi connectivity index (χ4n) is 3.13. The van der Waals surface area contributed by atoms with Gasteiger partial charge in [-0.25, -0.2) is 21.2 Å². The molecule has 0 saturated carbocycles. The number of likely N-dealkylation sites (N-methyl/N-ethyl adjacent to an activating group) is 1. The summed E-state index contributed by atoms with van der Waals surface area (Å²) in [7, 11) is -5.87. The van der Waals surface area contributed by atoms with Crippen LogP contribution < -0.4 is 5.32 Å². The number of benzene rings is 2. The molecule has 1 atom stereocenters. The molecule has 1 saturated heterocycles. The van der Waals surface area contributed by atoms with Gasteiger partial charge in [0.05, 0.1) is 9.79 Å². The number of nitrogens with zero attached hydrogens (tertiary/aromatic N) is 2. The number of anilines is 1. The van der Waals surface area contributed by atoms with Crippen molar-refractivity contribution >= 4 is 31.5 Å². The first-order chi connectivity index (χ1) is 14.5. The first kappa shape index (κ1) is 23.3. The summed E-state index contributed by atoms with van der Waals surface area (Å²) in [6.07, 6.45) is 0. The van der Waals surface area contributed by atoms with Gasteiger partial charge < -0.3 is 10.2 Å². The number of nitrogens with one attached hydrogen (secondary N) is 1. The van der Waals surface area contributed by atoms with Crippen molar-refractivity contribution in [3.8, 4) is 0 Å². The molecule has 2 aromatic rings. The summed E-state index contributed by atoms with van der Waals surface area (Å²) in [4.78, 5) is 14.4. The molecule has 1 fully saturated rings. The van der Waals surface area contributed by atoms with Crippen molar-refractivity contribution in [2.75, 3.05) is 38.5 Å². The van der Waals surface area contributed by atoms with Crippen LogP contribution in [-0.4, -0.2) is 70.4 Å². The number of sulfone groups is 1. The second-order valence-corrected chi connectivity index (χ2v) is 11.6. The maximum atomic E-state index is 13.1. The number of hydrogen-bond acceptors (Lipinski definition) is 6. The number of carbonyl (C=O) groups excluding carboxylic acids is 1. The summed E-state index contributed by atoms with van der Waals surface area (Å²) in [5, 5.41) is 1.01. The van der Waals surface area contributed by atoms with Crippen LogP contribution in [0.4, 0.5) is 10.1 Å². The van der Waals surface area contributed by atoms with E-state index >= 15 is 0 Å². The summed E-state index contributed by atoms with van der Waals surface area (Å²) >= 11 is 0. The average molecular weight is 470 g/mol. The number of rotatable bonds is 6. The lowest BCUT2D eigenvalue weighted by molar-refractivity contribution is -0.115. The highest BCUT2D eigenvalue weighted by atomic mass is 32.2. The molecule has 1 amide bonds. The molecule has 0 aromatic heterocycles. The largest absolute Gasteiger partial charge is 0.325 e. The standard InChI is InChI=1S/C20H24FN3O5S2/c1-15(30(26,27)18-8-6-16(21)7-9-18)20(25)22-17-4-3-5-19(14-17)31(28,29)24-12-10-23(2)11-13-24/h3-9,14-15H,10-13H2,1-2H3,(H,22,25). The van der Waals surface area contributed by atoms with Crippen LogP contribution in [0.5, 0.6) is 0 Å². The molecule has 31 heavy (non-hydrogen) atoms. The summed E-state index contributed by atoms with van der Waals surface area (Å²) in [6.45, 7) is 3.19. The van der Waals surface area contributed by atoms with Gasteiger partial charge in [0.1, 0.15) is 11.1 Å². The second kappa shape index (κ2) is 9.03. The molecule has 1 aliphatic heterocycles. The Morgan fingerprint density at radius 1 is 0.968 bits per heavy atom. The molecule has 1 aliphatic rings. The Hall–Kier alpha value is -2.34. The molecule has 11 heteroatoms. The number of hydrogen-bond donors (Lipinski definition) is 1. The van der Waals surface area contributed by atoms with Crippen LogP contribution in [0.2, 0.25) is 0 Å². The van der Waals surface area contributed by atoms with Gasteiger partial charge in [-0.2, -0.15) is 4.31 Å². The molecule has 0 aliphatic carbocycles. The lowest BCUT2D eigenvalue weighted by Gasteiger charge is -2.31. The predicted molar refractivity (Wildman–Crippen MR) is 114 cm³/mol. The normalized spacial score (nSPS) is 17.3. The van der Waals surface area contributed by atoms with Crippen LogP contribution in [-0.2, 0) is 24.7 Å². The highest BCUT2D eigenvalue weighted by Crippen LogP contribution is 2.22. The quantitative estimate of drug-likeness (QED) is 0.644. The molecule has 3 rings (SSSR count). The molecule has 1 N–H and O–H groups in total. The van der Waals surface area contributed by atoms with Gasteiger partial charge in [0.15, 0.2) is 9.84 Å². The van der Waals surface area contributed by atoms with Crippen molar-refractivity contribution in [1.29, 1.82) is 0 Å². The van der Waals surface area contributed by atoms with Crippen molar-refractivity contribution in [1.82, 2.24) is 9.21 Å². The molecule has 0 spiro atoms. The Morgan fingerprint density at radius 2 is 1.58 bits per heavy atom. The molecule has 1 unspecified atom stereocenters. The van der Waals surface area contributed by atoms with Gasteiger partial charge >= 0.3 is 0 Å². The Balaban J connectivity index is 1.77. The monoisotopic (exact) mass is 469 g/mol. The average Bonchev–Trinajstić information content (AvgIpc) is 2.74. The van der Waals surface area contributed by atoms with Gasteiger partial charge in [-0.3, -0.25) is 4.79 Å². The molecule has 1 heterocycles. The Labute approximate surface area is 181 Å². The van der Waals surface area contributed by atoms with E-state index in [2.05, 4.69) is 5.32 Å². The van der Waals surface area contributed by atoms with Crippen LogP contribution in [0.3, 0.4) is 0 Å². The summed E-state index contributed by atoms with van der Waals surface area (Å²) < 4.78 is 65.6. The number of piperazine rings is 1. The van der Waals surface area contributed by atoms with Gasteiger partial charge in [0.25, 0.3) is 0 Å². The molecular formula is C20H24FN3O5S2. The number of halogens is 1. The van der Waals surface area contributed by atoms with E-state index in [4.69, 9.17) is 0 Å².